The van der Waals surface area contributed by atoms with E-state index in [0.717, 1.165) is 87.0 Å². The van der Waals surface area contributed by atoms with Crippen LogP contribution in [0.2, 0.25) is 0 Å². The quantitative estimate of drug-likeness (QED) is 0.136. The Kier molecular flexibility index (Phi) is 15.1. The topological polar surface area (TPSA) is 130 Å². The fraction of sp³-hybridized carbons (Fsp3) is 0.245. The number of furan rings is 6. The van der Waals surface area contributed by atoms with Crippen molar-refractivity contribution in [2.75, 3.05) is 0 Å². The summed E-state index contributed by atoms with van der Waals surface area (Å²) >= 11 is 0. The van der Waals surface area contributed by atoms with Gasteiger partial charge in [-0.2, -0.15) is 0 Å². The number of hydrogen-bond acceptors (Lipinski definition) is 10. The normalized spacial score (nSPS) is 16.5. The summed E-state index contributed by atoms with van der Waals surface area (Å²) in [5, 5.41) is 10.6. The molecule has 0 unspecified atom stereocenters. The largest absolute Gasteiger partial charge is 0.497 e. The first kappa shape index (κ1) is 55.6. The Morgan fingerprint density at radius 3 is 1.08 bits per heavy atom. The van der Waals surface area contributed by atoms with Crippen LogP contribution in [0.1, 0.15) is 174 Å². The van der Waals surface area contributed by atoms with Crippen LogP contribution in [0.25, 0.3) is 177 Å². The Bertz CT molecular complexity index is 7890. The van der Waals surface area contributed by atoms with Crippen molar-refractivity contribution < 1.29 is 102 Å². The van der Waals surface area contributed by atoms with Crippen LogP contribution in [-0.4, -0.2) is 19.9 Å². The molecule has 598 valence electrons. The van der Waals surface area contributed by atoms with Gasteiger partial charge in [0.2, 0.25) is 0 Å². The van der Waals surface area contributed by atoms with Crippen LogP contribution < -0.4 is 0 Å². The summed E-state index contributed by atoms with van der Waals surface area (Å²) in [5.41, 5.74) is 7.48. The number of benzene rings is 10. The molecule has 0 N–H and O–H groups in total. The van der Waals surface area contributed by atoms with Crippen LogP contribution in [0, 0.1) is 81.0 Å². The van der Waals surface area contributed by atoms with E-state index in [-0.39, 0.29) is 95.8 Å². The van der Waals surface area contributed by atoms with Gasteiger partial charge in [-0.15, -0.1) is 89.0 Å². The van der Waals surface area contributed by atoms with E-state index in [1.165, 1.54) is 79.4 Å². The number of nitrogens with zero attached hydrogens (tertiary/aromatic N) is 4. The molecule has 0 aliphatic carbocycles. The third kappa shape index (κ3) is 16.1. The summed E-state index contributed by atoms with van der Waals surface area (Å²) in [6, 6.07) is 64.2. The molecule has 0 bridgehead atoms. The van der Waals surface area contributed by atoms with E-state index in [9.17, 15) is 0 Å². The molecule has 0 spiro atoms. The zero-order valence-corrected chi connectivity index (χ0v) is 71.4. The Hall–Kier alpha value is -11.1. The number of aryl methyl sites for hydroxylation is 6. The van der Waals surface area contributed by atoms with Gasteiger partial charge in [-0.25, -0.2) is 0 Å². The van der Waals surface area contributed by atoms with Crippen LogP contribution in [0.4, 0.5) is 0 Å². The van der Waals surface area contributed by atoms with Crippen LogP contribution in [0.5, 0.6) is 0 Å². The molecule has 20 rings (SSSR count). The van der Waals surface area contributed by atoms with Crippen LogP contribution in [0.3, 0.4) is 0 Å². The van der Waals surface area contributed by atoms with E-state index >= 15 is 0 Å². The first-order valence-corrected chi connectivity index (χ1v) is 38.0. The summed E-state index contributed by atoms with van der Waals surface area (Å²) < 4.78 is 249. The number of rotatable bonds is 8. The summed E-state index contributed by atoms with van der Waals surface area (Å²) in [5.74, 6) is 0. The van der Waals surface area contributed by atoms with Crippen molar-refractivity contribution in [3.05, 3.63) is 287 Å². The molecule has 10 aromatic heterocycles. The zero-order valence-electron chi connectivity index (χ0n) is 92.6. The molecule has 0 fully saturated rings. The van der Waals surface area contributed by atoms with Crippen molar-refractivity contribution in [1.82, 2.24) is 19.9 Å². The molecule has 2 radical (unpaired) electrons. The second kappa shape index (κ2) is 32.0. The molecule has 0 aliphatic heterocycles. The molecular formula is C106H97Ir2N4O6-3. The second-order valence-electron chi connectivity index (χ2n) is 33.0. The van der Waals surface area contributed by atoms with Gasteiger partial charge in [0.05, 0.1) is 22.0 Å². The third-order valence-electron chi connectivity index (χ3n) is 19.5. The summed E-state index contributed by atoms with van der Waals surface area (Å²) in [7, 11) is 0. The minimum Gasteiger partial charge on any atom is -0.497 e. The number of aromatic nitrogens is 4. The van der Waals surface area contributed by atoms with Gasteiger partial charge in [0.1, 0.15) is 39.1 Å². The van der Waals surface area contributed by atoms with Crippen LogP contribution in [-0.2, 0) is 65.7 Å². The van der Waals surface area contributed by atoms with Crippen molar-refractivity contribution >= 4 is 132 Å². The van der Waals surface area contributed by atoms with Crippen LogP contribution in [0.15, 0.2) is 239 Å². The Morgan fingerprint density at radius 1 is 0.305 bits per heavy atom. The first-order chi connectivity index (χ1) is 65.8. The van der Waals surface area contributed by atoms with Crippen molar-refractivity contribution in [3.63, 3.8) is 0 Å². The van der Waals surface area contributed by atoms with E-state index in [2.05, 4.69) is 38.1 Å². The summed E-state index contributed by atoms with van der Waals surface area (Å²) in [4.78, 5) is 17.5. The maximum Gasteiger partial charge on any atom is 0.182 e. The van der Waals surface area contributed by atoms with E-state index in [0.29, 0.717) is 89.7 Å². The SMILES string of the molecule is [2H]C([2H])([2H])c1c[c-]c(-c2cc(C([2H])([2H])[2H])c(C([2H])([2H])C(C)(C)C)cn2)cc1.[2H]C([2H])([2H])c1c[c-]c(-c2cc(C([2H])([2H])[2H])c(C([2H])([2H])C(C)(C)C)cn2)cc1.[2H]C([2H])([2H])c1cnc(-c2[c-]ccc3c2oc2c4oc5ccccc5c4c4c5ccccc5oc4c32)cc1C([2H])([2H])C(C)(C)C.[2H]C([2H])([2H])c1cnc(-c2cccc3c2oc2c4oc5ccccc5c4c4c5ccccc5oc4c32)cc1C([2H])([2H])C(C)(C)C.[Ir].[Ir]. The monoisotopic (exact) mass is 1930 g/mol. The third-order valence-corrected chi connectivity index (χ3v) is 19.5. The van der Waals surface area contributed by atoms with Gasteiger partial charge in [0.15, 0.2) is 22.3 Å². The average molecular weight is 1930 g/mol. The van der Waals surface area contributed by atoms with Gasteiger partial charge in [-0.1, -0.05) is 228 Å². The minimum absolute atomic E-state index is 0. The van der Waals surface area contributed by atoms with Gasteiger partial charge in [-0.05, 0) is 156 Å². The second-order valence-corrected chi connectivity index (χ2v) is 33.0. The van der Waals surface area contributed by atoms with Crippen molar-refractivity contribution in [2.24, 2.45) is 21.7 Å². The Labute approximate surface area is 753 Å². The number of para-hydroxylation sites is 5. The molecule has 118 heavy (non-hydrogen) atoms. The molecule has 20 aromatic rings. The van der Waals surface area contributed by atoms with E-state index in [4.69, 9.17) is 62.1 Å². The maximum atomic E-state index is 8.98. The molecule has 10 aromatic carbocycles. The zero-order chi connectivity index (χ0) is 103. The van der Waals surface area contributed by atoms with Crippen LogP contribution >= 0.6 is 0 Å². The summed E-state index contributed by atoms with van der Waals surface area (Å²) in [6.45, 7) is 6.09. The van der Waals surface area contributed by atoms with Gasteiger partial charge in [0.25, 0.3) is 0 Å². The molecule has 10 heterocycles. The minimum atomic E-state index is -2.55. The number of hydrogen-bond donors (Lipinski definition) is 0. The fourth-order valence-corrected chi connectivity index (χ4v) is 14.8. The van der Waals surface area contributed by atoms with Gasteiger partial charge in [-0.3, -0.25) is 4.98 Å². The molecule has 12 heteroatoms. The molecule has 0 saturated carbocycles. The van der Waals surface area contributed by atoms with Gasteiger partial charge in [0, 0.05) is 155 Å². The molecule has 0 saturated heterocycles. The predicted octanol–water partition coefficient (Wildman–Crippen LogP) is 30.0. The summed E-state index contributed by atoms with van der Waals surface area (Å²) in [6.07, 6.45) is -2.70. The van der Waals surface area contributed by atoms with Crippen molar-refractivity contribution in [3.8, 4) is 45.0 Å². The van der Waals surface area contributed by atoms with E-state index in [1.54, 1.807) is 95.2 Å². The molecular weight excluding hydrogens is 1810 g/mol. The molecule has 0 aliphatic rings. The van der Waals surface area contributed by atoms with Gasteiger partial charge < -0.3 is 41.5 Å². The molecule has 0 atom stereocenters. The number of fused-ring (bicyclic) bond motifs is 24. The smallest absolute Gasteiger partial charge is 0.182 e. The standard InChI is InChI=1S/C35H27NO3.C35H26NO3.2C18H22N.2Ir/c2*1-19-18-36-25(16-20(19)17-35(2,3)4)21-12-9-13-24-30-32-28(22-10-5-7-14-26(22)37-32)29-23-11-6-8-15-27(23)38-33(29)34(30)39-31(21)24;2*1-13-6-8-15(9-7-13)17-10-14(2)16(12-19-17)11-18(3,4)5;;/h5-16,18H,17H2,1-4H3;5-11,13-16,18H,17H2,1-4H3;2*6-8,10,12H,11H2,1-5H3;;/q;3*-1;;/i2*1D3,17D2;2*1D3,2D3,11D2;;. The molecule has 10 nitrogen and oxygen atoms in total. The maximum absolute atomic E-state index is 8.98. The first-order valence-electron chi connectivity index (χ1n) is 51.0. The predicted molar refractivity (Wildman–Crippen MR) is 480 cm³/mol. The molecule has 0 amide bonds. The van der Waals surface area contributed by atoms with E-state index < -0.39 is 88.3 Å². The van der Waals surface area contributed by atoms with Crippen molar-refractivity contribution in [1.29, 1.82) is 0 Å². The average Bonchev–Trinajstić information content (AvgIpc) is 1.53. The fourth-order valence-electron chi connectivity index (χ4n) is 14.8. The van der Waals surface area contributed by atoms with Crippen molar-refractivity contribution in [2.45, 2.75) is 150 Å². The Balaban J connectivity index is 0.000000148. The van der Waals surface area contributed by atoms with E-state index in [1.807, 2.05) is 121 Å². The van der Waals surface area contributed by atoms with Gasteiger partial charge >= 0.3 is 0 Å². The number of pyridine rings is 4. The Morgan fingerprint density at radius 2 is 0.669 bits per heavy atom.